The zero-order valence-corrected chi connectivity index (χ0v) is 8.77. The van der Waals surface area contributed by atoms with E-state index in [4.69, 9.17) is 5.26 Å². The Morgan fingerprint density at radius 3 is 2.94 bits per heavy atom. The molecule has 1 saturated carbocycles. The largest absolute Gasteiger partial charge is 0.350 e. The van der Waals surface area contributed by atoms with Crippen LogP contribution in [0.5, 0.6) is 0 Å². The number of pyridine rings is 1. The van der Waals surface area contributed by atoms with E-state index in [2.05, 4.69) is 22.1 Å². The Labute approximate surface area is 93.8 Å². The van der Waals surface area contributed by atoms with Crippen LogP contribution in [0.2, 0.25) is 0 Å². The third-order valence-corrected chi connectivity index (χ3v) is 2.94. The predicted octanol–water partition coefficient (Wildman–Crippen LogP) is 2.83. The number of nitrogens with zero attached hydrogens (tertiary/aromatic N) is 2. The van der Waals surface area contributed by atoms with Gasteiger partial charge in [-0.15, -0.1) is 0 Å². The molecule has 0 spiro atoms. The van der Waals surface area contributed by atoms with Gasteiger partial charge in [0.05, 0.1) is 0 Å². The number of nitriles is 1. The highest BCUT2D eigenvalue weighted by Gasteiger charge is 2.26. The van der Waals surface area contributed by atoms with Gasteiger partial charge in [0.2, 0.25) is 0 Å². The number of aromatic amines is 1. The first-order chi connectivity index (χ1) is 7.88. The summed E-state index contributed by atoms with van der Waals surface area (Å²) in [6.45, 7) is 0. The van der Waals surface area contributed by atoms with E-state index < -0.39 is 0 Å². The van der Waals surface area contributed by atoms with Gasteiger partial charge in [-0.3, -0.25) is 4.98 Å². The summed E-state index contributed by atoms with van der Waals surface area (Å²) in [6.07, 6.45) is 6.00. The van der Waals surface area contributed by atoms with Crippen LogP contribution in [0.3, 0.4) is 0 Å². The average molecular weight is 209 g/mol. The van der Waals surface area contributed by atoms with E-state index in [1.54, 1.807) is 12.4 Å². The number of hydrogen-bond donors (Lipinski definition) is 1. The lowest BCUT2D eigenvalue weighted by Gasteiger charge is -1.95. The Morgan fingerprint density at radius 1 is 1.44 bits per heavy atom. The van der Waals surface area contributed by atoms with Gasteiger partial charge in [0, 0.05) is 29.2 Å². The molecule has 0 bridgehead atoms. The molecule has 1 aliphatic rings. The maximum atomic E-state index is 9.09. The van der Waals surface area contributed by atoms with Crippen molar-refractivity contribution in [3.8, 4) is 17.2 Å². The zero-order valence-electron chi connectivity index (χ0n) is 8.77. The molecule has 0 unspecified atom stereocenters. The summed E-state index contributed by atoms with van der Waals surface area (Å²) in [4.78, 5) is 7.29. The van der Waals surface area contributed by atoms with Gasteiger partial charge in [-0.2, -0.15) is 5.26 Å². The lowest BCUT2D eigenvalue weighted by Crippen LogP contribution is -1.81. The quantitative estimate of drug-likeness (QED) is 0.826. The highest BCUT2D eigenvalue weighted by atomic mass is 14.8. The van der Waals surface area contributed by atoms with Crippen molar-refractivity contribution in [2.24, 2.45) is 0 Å². The van der Waals surface area contributed by atoms with Gasteiger partial charge in [-0.05, 0) is 30.9 Å². The number of hydrogen-bond acceptors (Lipinski definition) is 2. The van der Waals surface area contributed by atoms with Gasteiger partial charge < -0.3 is 4.98 Å². The van der Waals surface area contributed by atoms with Crippen LogP contribution in [0.25, 0.3) is 11.1 Å². The fourth-order valence-corrected chi connectivity index (χ4v) is 1.93. The SMILES string of the molecule is N#Cc1[nH]c(C2CC2)cc1-c1cccnc1. The number of nitrogens with one attached hydrogen (secondary N) is 1. The van der Waals surface area contributed by atoms with Crippen LogP contribution in [0, 0.1) is 11.3 Å². The molecule has 2 heterocycles. The minimum Gasteiger partial charge on any atom is -0.350 e. The highest BCUT2D eigenvalue weighted by Crippen LogP contribution is 2.41. The summed E-state index contributed by atoms with van der Waals surface area (Å²) in [5.74, 6) is 0.637. The van der Waals surface area contributed by atoms with Crippen LogP contribution in [-0.2, 0) is 0 Å². The molecule has 1 aliphatic carbocycles. The van der Waals surface area contributed by atoms with E-state index in [1.165, 1.54) is 18.5 Å². The first kappa shape index (κ1) is 9.17. The summed E-state index contributed by atoms with van der Waals surface area (Å²) in [5, 5.41) is 9.09. The maximum absolute atomic E-state index is 9.09. The summed E-state index contributed by atoms with van der Waals surface area (Å²) >= 11 is 0. The molecule has 3 nitrogen and oxygen atoms in total. The third-order valence-electron chi connectivity index (χ3n) is 2.94. The van der Waals surface area contributed by atoms with Crippen LogP contribution < -0.4 is 0 Å². The number of rotatable bonds is 2. The van der Waals surface area contributed by atoms with Gasteiger partial charge in [0.1, 0.15) is 11.8 Å². The topological polar surface area (TPSA) is 52.5 Å². The van der Waals surface area contributed by atoms with Crippen molar-refractivity contribution in [1.82, 2.24) is 9.97 Å². The standard InChI is InChI=1S/C13H11N3/c14-7-13-11(10-2-1-5-15-8-10)6-12(16-13)9-3-4-9/h1-2,5-6,8-9,16H,3-4H2. The molecule has 0 saturated heterocycles. The smallest absolute Gasteiger partial charge is 0.125 e. The van der Waals surface area contributed by atoms with Crippen molar-refractivity contribution in [3.05, 3.63) is 42.0 Å². The fourth-order valence-electron chi connectivity index (χ4n) is 1.93. The van der Waals surface area contributed by atoms with Crippen molar-refractivity contribution in [3.63, 3.8) is 0 Å². The van der Waals surface area contributed by atoms with Gasteiger partial charge in [0.25, 0.3) is 0 Å². The van der Waals surface area contributed by atoms with Crippen LogP contribution >= 0.6 is 0 Å². The molecule has 2 aromatic rings. The third kappa shape index (κ3) is 1.49. The molecule has 0 amide bonds. The normalized spacial score (nSPS) is 14.7. The predicted molar refractivity (Wildman–Crippen MR) is 60.7 cm³/mol. The Bertz CT molecular complexity index is 544. The van der Waals surface area contributed by atoms with E-state index in [0.717, 1.165) is 11.1 Å². The summed E-state index contributed by atoms with van der Waals surface area (Å²) < 4.78 is 0. The second-order valence-electron chi connectivity index (χ2n) is 4.14. The van der Waals surface area contributed by atoms with Gasteiger partial charge in [-0.25, -0.2) is 0 Å². The van der Waals surface area contributed by atoms with E-state index in [-0.39, 0.29) is 0 Å². The second-order valence-corrected chi connectivity index (χ2v) is 4.14. The van der Waals surface area contributed by atoms with Crippen molar-refractivity contribution >= 4 is 0 Å². The number of H-pyrrole nitrogens is 1. The molecule has 3 rings (SSSR count). The maximum Gasteiger partial charge on any atom is 0.125 e. The monoisotopic (exact) mass is 209 g/mol. The Kier molecular flexibility index (Phi) is 2.00. The summed E-state index contributed by atoms with van der Waals surface area (Å²) in [5.41, 5.74) is 3.81. The van der Waals surface area contributed by atoms with Crippen LogP contribution in [0.4, 0.5) is 0 Å². The minimum absolute atomic E-state index is 0.637. The van der Waals surface area contributed by atoms with Crippen LogP contribution in [0.15, 0.2) is 30.6 Å². The highest BCUT2D eigenvalue weighted by molar-refractivity contribution is 5.69. The average Bonchev–Trinajstić information content (AvgIpc) is 3.10. The van der Waals surface area contributed by atoms with Crippen molar-refractivity contribution in [2.75, 3.05) is 0 Å². The molecule has 0 atom stereocenters. The van der Waals surface area contributed by atoms with E-state index in [0.29, 0.717) is 11.6 Å². The van der Waals surface area contributed by atoms with Crippen LogP contribution in [0.1, 0.15) is 30.1 Å². The molecule has 78 valence electrons. The van der Waals surface area contributed by atoms with Crippen molar-refractivity contribution in [2.45, 2.75) is 18.8 Å². The van der Waals surface area contributed by atoms with E-state index in [9.17, 15) is 0 Å². The lowest BCUT2D eigenvalue weighted by molar-refractivity contribution is 1.04. The number of aromatic nitrogens is 2. The zero-order chi connectivity index (χ0) is 11.0. The van der Waals surface area contributed by atoms with Gasteiger partial charge in [-0.1, -0.05) is 6.07 Å². The molecular weight excluding hydrogens is 198 g/mol. The molecule has 0 aromatic carbocycles. The Hall–Kier alpha value is -2.08. The molecule has 16 heavy (non-hydrogen) atoms. The summed E-state index contributed by atoms with van der Waals surface area (Å²) in [6, 6.07) is 8.17. The Balaban J connectivity index is 2.09. The van der Waals surface area contributed by atoms with Gasteiger partial charge >= 0.3 is 0 Å². The molecule has 1 N–H and O–H groups in total. The lowest BCUT2D eigenvalue weighted by atomic mass is 10.1. The Morgan fingerprint density at radius 2 is 2.31 bits per heavy atom. The van der Waals surface area contributed by atoms with Crippen molar-refractivity contribution < 1.29 is 0 Å². The first-order valence-corrected chi connectivity index (χ1v) is 5.42. The van der Waals surface area contributed by atoms with E-state index in [1.807, 2.05) is 12.1 Å². The minimum atomic E-state index is 0.637. The molecule has 1 fully saturated rings. The second kappa shape index (κ2) is 3.49. The van der Waals surface area contributed by atoms with Crippen molar-refractivity contribution in [1.29, 1.82) is 5.26 Å². The van der Waals surface area contributed by atoms with Gasteiger partial charge in [0.15, 0.2) is 0 Å². The van der Waals surface area contributed by atoms with Crippen LogP contribution in [-0.4, -0.2) is 9.97 Å². The fraction of sp³-hybridized carbons (Fsp3) is 0.231. The molecule has 2 aromatic heterocycles. The molecule has 0 aliphatic heterocycles. The molecular formula is C13H11N3. The van der Waals surface area contributed by atoms with E-state index >= 15 is 0 Å². The molecule has 3 heteroatoms. The molecule has 0 radical (unpaired) electrons. The summed E-state index contributed by atoms with van der Waals surface area (Å²) in [7, 11) is 0. The first-order valence-electron chi connectivity index (χ1n) is 5.42.